The van der Waals surface area contributed by atoms with Crippen molar-refractivity contribution in [2.24, 2.45) is 0 Å². The molecule has 0 fully saturated rings. The van der Waals surface area contributed by atoms with Crippen LogP contribution < -0.4 is 23.7 Å². The van der Waals surface area contributed by atoms with Crippen molar-refractivity contribution in [3.05, 3.63) is 41.5 Å². The average molecular weight is 404 g/mol. The fourth-order valence-electron chi connectivity index (χ4n) is 3.10. The van der Waals surface area contributed by atoms with Gasteiger partial charge in [-0.3, -0.25) is 4.79 Å². The van der Waals surface area contributed by atoms with Crippen molar-refractivity contribution >= 4 is 5.78 Å². The minimum atomic E-state index is -0.137. The lowest BCUT2D eigenvalue weighted by molar-refractivity contribution is 0.0482. The van der Waals surface area contributed by atoms with Gasteiger partial charge in [0.25, 0.3) is 0 Å². The minimum Gasteiger partial charge on any atom is -0.496 e. The monoisotopic (exact) mass is 404 g/mol. The molecule has 2 aromatic rings. The largest absolute Gasteiger partial charge is 0.496 e. The van der Waals surface area contributed by atoms with Gasteiger partial charge in [-0.25, -0.2) is 0 Å². The van der Waals surface area contributed by atoms with E-state index in [0.29, 0.717) is 34.3 Å². The first-order valence-corrected chi connectivity index (χ1v) is 9.12. The second-order valence-electron chi connectivity index (χ2n) is 6.37. The third kappa shape index (κ3) is 5.12. The Bertz CT molecular complexity index is 832. The zero-order valence-corrected chi connectivity index (χ0v) is 17.7. The fourth-order valence-corrected chi connectivity index (χ4v) is 3.10. The van der Waals surface area contributed by atoms with Crippen LogP contribution in [0, 0.1) is 0 Å². The highest BCUT2D eigenvalue weighted by Gasteiger charge is 2.23. The highest BCUT2D eigenvalue weighted by Crippen LogP contribution is 2.39. The van der Waals surface area contributed by atoms with E-state index < -0.39 is 0 Å². The van der Waals surface area contributed by atoms with Crippen molar-refractivity contribution in [3.63, 3.8) is 0 Å². The molecule has 0 aliphatic carbocycles. The quantitative estimate of drug-likeness (QED) is 0.413. The van der Waals surface area contributed by atoms with Crippen LogP contribution in [0.2, 0.25) is 0 Å². The summed E-state index contributed by atoms with van der Waals surface area (Å²) in [7, 11) is 7.69. The van der Waals surface area contributed by atoms with Gasteiger partial charge >= 0.3 is 0 Å². The molecule has 0 aliphatic heterocycles. The zero-order valence-electron chi connectivity index (χ0n) is 17.7. The molecule has 0 radical (unpaired) electrons. The van der Waals surface area contributed by atoms with Gasteiger partial charge in [-0.2, -0.15) is 0 Å². The molecule has 2 aromatic carbocycles. The molecule has 0 bridgehead atoms. The molecule has 0 heterocycles. The molecule has 0 N–H and O–H groups in total. The van der Waals surface area contributed by atoms with Crippen molar-refractivity contribution in [1.29, 1.82) is 0 Å². The Morgan fingerprint density at radius 1 is 0.862 bits per heavy atom. The summed E-state index contributed by atoms with van der Waals surface area (Å²) < 4.78 is 32.1. The molecular formula is C22H28O7. The maximum absolute atomic E-state index is 13.1. The minimum absolute atomic E-state index is 0.0809. The van der Waals surface area contributed by atoms with Crippen LogP contribution in [-0.2, 0) is 4.74 Å². The van der Waals surface area contributed by atoms with Gasteiger partial charge in [0, 0.05) is 25.2 Å². The Morgan fingerprint density at radius 3 is 2.07 bits per heavy atom. The molecule has 1 atom stereocenters. The van der Waals surface area contributed by atoms with E-state index in [2.05, 4.69) is 0 Å². The van der Waals surface area contributed by atoms with Crippen LogP contribution in [0.5, 0.6) is 28.7 Å². The smallest absolute Gasteiger partial charge is 0.188 e. The van der Waals surface area contributed by atoms with Gasteiger partial charge in [0.2, 0.25) is 0 Å². The molecule has 0 spiro atoms. The molecule has 0 saturated carbocycles. The molecule has 1 unspecified atom stereocenters. The van der Waals surface area contributed by atoms with Gasteiger partial charge in [-0.05, 0) is 18.1 Å². The van der Waals surface area contributed by atoms with E-state index in [1.54, 1.807) is 32.4 Å². The van der Waals surface area contributed by atoms with Gasteiger partial charge in [0.1, 0.15) is 5.75 Å². The summed E-state index contributed by atoms with van der Waals surface area (Å²) in [6, 6.07) is 8.87. The average Bonchev–Trinajstić information content (AvgIpc) is 2.75. The van der Waals surface area contributed by atoms with Crippen molar-refractivity contribution in [1.82, 2.24) is 0 Å². The third-order valence-corrected chi connectivity index (χ3v) is 4.58. The lowest BCUT2D eigenvalue weighted by Gasteiger charge is -2.19. The third-order valence-electron chi connectivity index (χ3n) is 4.58. The first kappa shape index (κ1) is 22.4. The molecule has 2 rings (SSSR count). The predicted octanol–water partition coefficient (Wildman–Crippen LogP) is 4.08. The van der Waals surface area contributed by atoms with E-state index in [1.807, 2.05) is 19.1 Å². The van der Waals surface area contributed by atoms with Crippen LogP contribution in [0.25, 0.3) is 0 Å². The van der Waals surface area contributed by atoms with Gasteiger partial charge in [0.15, 0.2) is 35.6 Å². The van der Waals surface area contributed by atoms with Crippen molar-refractivity contribution < 1.29 is 33.2 Å². The SMILES string of the molecule is COCOc1c(OC)cccc1C(C)CC(=O)c1cc(OC)c(OC)cc1OC. The number of hydrogen-bond acceptors (Lipinski definition) is 7. The summed E-state index contributed by atoms with van der Waals surface area (Å²) in [5.74, 6) is 2.32. The Balaban J connectivity index is 2.34. The van der Waals surface area contributed by atoms with Crippen molar-refractivity contribution in [3.8, 4) is 28.7 Å². The summed E-state index contributed by atoms with van der Waals surface area (Å²) in [6.07, 6.45) is 0.238. The molecule has 0 aromatic heterocycles. The molecule has 0 aliphatic rings. The number of para-hydroxylation sites is 1. The van der Waals surface area contributed by atoms with E-state index in [4.69, 9.17) is 28.4 Å². The lowest BCUT2D eigenvalue weighted by Crippen LogP contribution is -2.10. The Morgan fingerprint density at radius 2 is 1.48 bits per heavy atom. The van der Waals surface area contributed by atoms with Gasteiger partial charge in [0.05, 0.1) is 34.0 Å². The fraction of sp³-hybridized carbons (Fsp3) is 0.409. The second-order valence-corrected chi connectivity index (χ2v) is 6.37. The van der Waals surface area contributed by atoms with Crippen LogP contribution >= 0.6 is 0 Å². The predicted molar refractivity (Wildman–Crippen MR) is 109 cm³/mol. The van der Waals surface area contributed by atoms with E-state index >= 15 is 0 Å². The zero-order chi connectivity index (χ0) is 21.4. The highest BCUT2D eigenvalue weighted by atomic mass is 16.7. The Labute approximate surface area is 171 Å². The number of ether oxygens (including phenoxy) is 6. The van der Waals surface area contributed by atoms with E-state index in [1.165, 1.54) is 21.3 Å². The standard InChI is InChI=1S/C22H28O7/c1-14(15-8-7-9-18(25-3)22(15)29-13-24-2)10-17(23)16-11-20(27-5)21(28-6)12-19(16)26-4/h7-9,11-12,14H,10,13H2,1-6H3. The molecule has 0 saturated heterocycles. The maximum atomic E-state index is 13.1. The number of carbonyl (C=O) groups excluding carboxylic acids is 1. The lowest BCUT2D eigenvalue weighted by atomic mass is 9.92. The summed E-state index contributed by atoms with van der Waals surface area (Å²) in [6.45, 7) is 2.04. The number of Topliss-reactive ketones (excluding diaryl/α,β-unsaturated/α-hetero) is 1. The van der Waals surface area contributed by atoms with E-state index in [-0.39, 0.29) is 24.9 Å². The Kier molecular flexibility index (Phi) is 8.15. The number of ketones is 1. The van der Waals surface area contributed by atoms with Crippen LogP contribution in [0.4, 0.5) is 0 Å². The molecule has 158 valence electrons. The summed E-state index contributed by atoms with van der Waals surface area (Å²) in [5, 5.41) is 0. The van der Waals surface area contributed by atoms with Crippen LogP contribution in [-0.4, -0.2) is 48.1 Å². The first-order valence-electron chi connectivity index (χ1n) is 9.12. The van der Waals surface area contributed by atoms with Gasteiger partial charge in [-0.15, -0.1) is 0 Å². The van der Waals surface area contributed by atoms with E-state index in [9.17, 15) is 4.79 Å². The van der Waals surface area contributed by atoms with Gasteiger partial charge < -0.3 is 28.4 Å². The molecule has 0 amide bonds. The number of carbonyl (C=O) groups is 1. The summed E-state index contributed by atoms with van der Waals surface area (Å²) in [4.78, 5) is 13.1. The second kappa shape index (κ2) is 10.6. The van der Waals surface area contributed by atoms with Crippen molar-refractivity contribution in [2.75, 3.05) is 42.3 Å². The topological polar surface area (TPSA) is 72.5 Å². The van der Waals surface area contributed by atoms with E-state index in [0.717, 1.165) is 5.56 Å². The number of rotatable bonds is 11. The summed E-state index contributed by atoms with van der Waals surface area (Å²) in [5.41, 5.74) is 1.29. The maximum Gasteiger partial charge on any atom is 0.188 e. The number of methoxy groups -OCH3 is 5. The van der Waals surface area contributed by atoms with Gasteiger partial charge in [-0.1, -0.05) is 19.1 Å². The van der Waals surface area contributed by atoms with Crippen LogP contribution in [0.3, 0.4) is 0 Å². The summed E-state index contributed by atoms with van der Waals surface area (Å²) >= 11 is 0. The number of benzene rings is 2. The highest BCUT2D eigenvalue weighted by molar-refractivity contribution is 6.00. The van der Waals surface area contributed by atoms with Crippen molar-refractivity contribution in [2.45, 2.75) is 19.3 Å². The normalized spacial score (nSPS) is 11.5. The molecule has 7 heteroatoms. The molecule has 29 heavy (non-hydrogen) atoms. The molecule has 7 nitrogen and oxygen atoms in total. The van der Waals surface area contributed by atoms with Crippen LogP contribution in [0.1, 0.15) is 35.2 Å². The Hall–Kier alpha value is -2.93. The number of hydrogen-bond donors (Lipinski definition) is 0. The van der Waals surface area contributed by atoms with Crippen LogP contribution in [0.15, 0.2) is 30.3 Å². The first-order chi connectivity index (χ1) is 14.0. The molecular weight excluding hydrogens is 376 g/mol.